The number of allylic oxidation sites excluding steroid dienone is 12. The number of hydrogen-bond donors (Lipinski definition) is 0. The smallest absolute Gasteiger partial charge is 0.306 e. The maximum atomic E-state index is 12.9. The third kappa shape index (κ3) is 57.6. The number of ether oxygens (including phenoxy) is 3. The third-order valence-electron chi connectivity index (χ3n) is 13.2. The molecule has 1 atom stereocenters. The number of unbranched alkanes of at least 4 members (excludes halogenated alkanes) is 32. The Balaban J connectivity index is 4.32. The van der Waals surface area contributed by atoms with Gasteiger partial charge in [0.05, 0.1) is 0 Å². The van der Waals surface area contributed by atoms with Crippen molar-refractivity contribution in [2.75, 3.05) is 13.2 Å². The van der Waals surface area contributed by atoms with Crippen molar-refractivity contribution in [2.24, 2.45) is 0 Å². The number of rotatable bonds is 55. The fraction of sp³-hybridized carbons (Fsp3) is 0.769. The summed E-state index contributed by atoms with van der Waals surface area (Å²) in [5.41, 5.74) is 0. The Labute approximate surface area is 440 Å². The van der Waals surface area contributed by atoms with Gasteiger partial charge in [-0.2, -0.15) is 0 Å². The Morgan fingerprint density at radius 2 is 0.549 bits per heavy atom. The van der Waals surface area contributed by atoms with Gasteiger partial charge in [-0.25, -0.2) is 0 Å². The highest BCUT2D eigenvalue weighted by atomic mass is 16.6. The molecule has 0 aliphatic rings. The van der Waals surface area contributed by atoms with Crippen LogP contribution in [0.1, 0.15) is 303 Å². The molecule has 0 amide bonds. The average Bonchev–Trinajstić information content (AvgIpc) is 3.37. The van der Waals surface area contributed by atoms with E-state index >= 15 is 0 Å². The van der Waals surface area contributed by atoms with Gasteiger partial charge in [0, 0.05) is 19.3 Å². The summed E-state index contributed by atoms with van der Waals surface area (Å²) in [6, 6.07) is 0. The van der Waals surface area contributed by atoms with Gasteiger partial charge in [0.2, 0.25) is 0 Å². The van der Waals surface area contributed by atoms with Gasteiger partial charge < -0.3 is 14.2 Å². The van der Waals surface area contributed by atoms with Crippen LogP contribution in [-0.4, -0.2) is 37.2 Å². The van der Waals surface area contributed by atoms with E-state index in [0.29, 0.717) is 19.3 Å². The first kappa shape index (κ1) is 67.8. The molecule has 6 nitrogen and oxygen atoms in total. The molecule has 0 saturated heterocycles. The van der Waals surface area contributed by atoms with E-state index in [2.05, 4.69) is 93.7 Å². The van der Waals surface area contributed by atoms with Crippen LogP contribution in [0.4, 0.5) is 0 Å². The van der Waals surface area contributed by atoms with Crippen LogP contribution in [0.5, 0.6) is 0 Å². The maximum Gasteiger partial charge on any atom is 0.306 e. The van der Waals surface area contributed by atoms with Crippen molar-refractivity contribution in [3.05, 3.63) is 72.9 Å². The van der Waals surface area contributed by atoms with Gasteiger partial charge in [-0.05, 0) is 83.5 Å². The minimum Gasteiger partial charge on any atom is -0.462 e. The zero-order valence-corrected chi connectivity index (χ0v) is 47.0. The highest BCUT2D eigenvalue weighted by molar-refractivity contribution is 5.71. The van der Waals surface area contributed by atoms with E-state index in [1.54, 1.807) is 0 Å². The van der Waals surface area contributed by atoms with Crippen LogP contribution in [0, 0.1) is 0 Å². The predicted molar refractivity (Wildman–Crippen MR) is 307 cm³/mol. The second kappa shape index (κ2) is 59.4. The van der Waals surface area contributed by atoms with Gasteiger partial charge in [-0.3, -0.25) is 14.4 Å². The molecular weight excluding hydrogens is 877 g/mol. The third-order valence-corrected chi connectivity index (χ3v) is 13.2. The fourth-order valence-corrected chi connectivity index (χ4v) is 8.71. The predicted octanol–water partition coefficient (Wildman–Crippen LogP) is 20.5. The summed E-state index contributed by atoms with van der Waals surface area (Å²) in [6.45, 7) is 6.42. The molecule has 0 saturated carbocycles. The van der Waals surface area contributed by atoms with Crippen LogP contribution >= 0.6 is 0 Å². The highest BCUT2D eigenvalue weighted by Gasteiger charge is 2.19. The molecule has 0 bridgehead atoms. The average molecular weight is 992 g/mol. The van der Waals surface area contributed by atoms with Crippen LogP contribution in [0.25, 0.3) is 0 Å². The van der Waals surface area contributed by atoms with Crippen molar-refractivity contribution in [1.29, 1.82) is 0 Å². The van der Waals surface area contributed by atoms with E-state index in [9.17, 15) is 14.4 Å². The Kier molecular flexibility index (Phi) is 56.8. The second-order valence-corrected chi connectivity index (χ2v) is 20.2. The summed E-state index contributed by atoms with van der Waals surface area (Å²) in [7, 11) is 0. The van der Waals surface area contributed by atoms with Crippen molar-refractivity contribution >= 4 is 17.9 Å². The topological polar surface area (TPSA) is 78.9 Å². The molecule has 6 heteroatoms. The van der Waals surface area contributed by atoms with E-state index in [4.69, 9.17) is 14.2 Å². The van der Waals surface area contributed by atoms with Gasteiger partial charge in [-0.1, -0.05) is 273 Å². The quantitative estimate of drug-likeness (QED) is 0.0261. The lowest BCUT2D eigenvalue weighted by atomic mass is 10.0. The Hall–Kier alpha value is -3.15. The summed E-state index contributed by atoms with van der Waals surface area (Å²) in [5.74, 6) is -0.909. The first-order valence-corrected chi connectivity index (χ1v) is 30.4. The van der Waals surface area contributed by atoms with Gasteiger partial charge >= 0.3 is 17.9 Å². The van der Waals surface area contributed by atoms with E-state index < -0.39 is 6.10 Å². The first-order valence-electron chi connectivity index (χ1n) is 30.4. The summed E-state index contributed by atoms with van der Waals surface area (Å²) in [6.07, 6.45) is 76.2. The lowest BCUT2D eigenvalue weighted by Crippen LogP contribution is -2.30. The maximum absolute atomic E-state index is 12.9. The lowest BCUT2D eigenvalue weighted by Gasteiger charge is -2.18. The van der Waals surface area contributed by atoms with E-state index in [1.165, 1.54) is 128 Å². The van der Waals surface area contributed by atoms with Gasteiger partial charge in [-0.15, -0.1) is 0 Å². The van der Waals surface area contributed by atoms with Crippen molar-refractivity contribution < 1.29 is 28.6 Å². The number of esters is 3. The van der Waals surface area contributed by atoms with Crippen molar-refractivity contribution in [2.45, 2.75) is 309 Å². The standard InChI is InChI=1S/C65H114O6/c1-4-7-10-13-16-19-22-25-28-29-30-31-32-33-34-35-38-40-43-46-49-52-55-58-64(67)70-61-62(71-65(68)59-56-53-50-47-44-41-37-27-24-21-18-15-12-9-6-3)60-69-63(66)57-54-51-48-45-42-39-36-26-23-20-17-14-11-8-5-2/h8-9,11-12,17-18,20-21,26-27,36-37,62H,4-7,10,13-16,19,22-25,28-35,38-61H2,1-3H3/b11-8-,12-9-,20-17-,21-18-,36-26-,37-27-. The van der Waals surface area contributed by atoms with Crippen LogP contribution in [0.15, 0.2) is 72.9 Å². The minimum atomic E-state index is -0.791. The molecule has 0 aliphatic carbocycles. The van der Waals surface area contributed by atoms with Crippen LogP contribution in [-0.2, 0) is 28.6 Å². The molecule has 0 spiro atoms. The summed E-state index contributed by atoms with van der Waals surface area (Å²) in [5, 5.41) is 0. The molecule has 0 aliphatic heterocycles. The Bertz CT molecular complexity index is 1320. The van der Waals surface area contributed by atoms with Crippen molar-refractivity contribution in [3.63, 3.8) is 0 Å². The molecule has 0 aromatic rings. The molecule has 410 valence electrons. The highest BCUT2D eigenvalue weighted by Crippen LogP contribution is 2.17. The number of carbonyl (C=O) groups excluding carboxylic acids is 3. The lowest BCUT2D eigenvalue weighted by molar-refractivity contribution is -0.167. The molecule has 0 fully saturated rings. The normalized spacial score (nSPS) is 12.5. The molecule has 0 heterocycles. The van der Waals surface area contributed by atoms with Crippen molar-refractivity contribution in [3.8, 4) is 0 Å². The fourth-order valence-electron chi connectivity index (χ4n) is 8.71. The Morgan fingerprint density at radius 1 is 0.296 bits per heavy atom. The molecule has 0 N–H and O–H groups in total. The van der Waals surface area contributed by atoms with Crippen LogP contribution in [0.2, 0.25) is 0 Å². The molecule has 0 aromatic heterocycles. The zero-order valence-electron chi connectivity index (χ0n) is 47.0. The molecule has 71 heavy (non-hydrogen) atoms. The minimum absolute atomic E-state index is 0.0859. The van der Waals surface area contributed by atoms with Crippen molar-refractivity contribution in [1.82, 2.24) is 0 Å². The summed E-state index contributed by atoms with van der Waals surface area (Å²) in [4.78, 5) is 38.2. The summed E-state index contributed by atoms with van der Waals surface area (Å²) >= 11 is 0. The SMILES string of the molecule is CC/C=C\C/C=C\C/C=C\CCCCCCCC(=O)OCC(COC(=O)CCCCCCCCCCCCCCCCCCCCCCCCC)OC(=O)CCCCCCC/C=C\C/C=C\C/C=C\CC. The van der Waals surface area contributed by atoms with Gasteiger partial charge in [0.25, 0.3) is 0 Å². The van der Waals surface area contributed by atoms with Gasteiger partial charge in [0.1, 0.15) is 13.2 Å². The first-order chi connectivity index (χ1) is 35.0. The summed E-state index contributed by atoms with van der Waals surface area (Å²) < 4.78 is 16.9. The van der Waals surface area contributed by atoms with Crippen LogP contribution < -0.4 is 0 Å². The molecule has 1 unspecified atom stereocenters. The largest absolute Gasteiger partial charge is 0.462 e. The second-order valence-electron chi connectivity index (χ2n) is 20.2. The number of carbonyl (C=O) groups is 3. The van der Waals surface area contributed by atoms with E-state index in [1.807, 2.05) is 0 Å². The molecule has 0 radical (unpaired) electrons. The Morgan fingerprint density at radius 3 is 0.859 bits per heavy atom. The van der Waals surface area contributed by atoms with E-state index in [-0.39, 0.29) is 31.1 Å². The van der Waals surface area contributed by atoms with Crippen LogP contribution in [0.3, 0.4) is 0 Å². The van der Waals surface area contributed by atoms with Gasteiger partial charge in [0.15, 0.2) is 6.10 Å². The molecular formula is C65H114O6. The number of hydrogen-bond acceptors (Lipinski definition) is 6. The monoisotopic (exact) mass is 991 g/mol. The molecule has 0 rings (SSSR count). The molecule has 0 aromatic carbocycles. The van der Waals surface area contributed by atoms with E-state index in [0.717, 1.165) is 135 Å². The zero-order chi connectivity index (χ0) is 51.4.